The summed E-state index contributed by atoms with van der Waals surface area (Å²) in [5.74, 6) is 2.60. The number of halogens is 1. The number of amidine groups is 1. The first-order valence-corrected chi connectivity index (χ1v) is 9.70. The van der Waals surface area contributed by atoms with Gasteiger partial charge < -0.3 is 15.4 Å². The van der Waals surface area contributed by atoms with E-state index >= 15 is 0 Å². The molecule has 3 aromatic heterocycles. The first-order valence-electron chi connectivity index (χ1n) is 9.70. The smallest absolute Gasteiger partial charge is 0.164 e. The second-order valence-corrected chi connectivity index (χ2v) is 7.11. The Balaban J connectivity index is 1.59. The SMILES string of the molecule is C=C(N=C1/C(=C\N)n2c(C)nnc2C2COCCN12)n1ccnc1-c1ccc(F)cn1. The van der Waals surface area contributed by atoms with E-state index in [0.29, 0.717) is 54.5 Å². The molecule has 5 rings (SSSR count). The highest BCUT2D eigenvalue weighted by Crippen LogP contribution is 2.34. The van der Waals surface area contributed by atoms with Crippen molar-refractivity contribution >= 4 is 17.4 Å². The van der Waals surface area contributed by atoms with E-state index in [4.69, 9.17) is 15.5 Å². The molecule has 31 heavy (non-hydrogen) atoms. The summed E-state index contributed by atoms with van der Waals surface area (Å²) in [4.78, 5) is 15.4. The Morgan fingerprint density at radius 2 is 2.23 bits per heavy atom. The molecule has 1 fully saturated rings. The maximum Gasteiger partial charge on any atom is 0.164 e. The molecule has 1 unspecified atom stereocenters. The molecule has 5 heterocycles. The van der Waals surface area contributed by atoms with Crippen LogP contribution in [0.2, 0.25) is 0 Å². The van der Waals surface area contributed by atoms with Gasteiger partial charge in [-0.15, -0.1) is 10.2 Å². The van der Waals surface area contributed by atoms with Gasteiger partial charge in [0.2, 0.25) is 0 Å². The van der Waals surface area contributed by atoms with Gasteiger partial charge in [0.25, 0.3) is 0 Å². The number of aryl methyl sites for hydroxylation is 1. The fourth-order valence-electron chi connectivity index (χ4n) is 3.87. The van der Waals surface area contributed by atoms with Crippen LogP contribution in [0, 0.1) is 12.7 Å². The van der Waals surface area contributed by atoms with E-state index in [2.05, 4.69) is 31.6 Å². The van der Waals surface area contributed by atoms with E-state index in [0.717, 1.165) is 12.0 Å². The van der Waals surface area contributed by atoms with Crippen molar-refractivity contribution in [3.05, 3.63) is 61.0 Å². The van der Waals surface area contributed by atoms with Gasteiger partial charge >= 0.3 is 0 Å². The molecule has 158 valence electrons. The van der Waals surface area contributed by atoms with Gasteiger partial charge in [-0.3, -0.25) is 9.13 Å². The summed E-state index contributed by atoms with van der Waals surface area (Å²) in [6.07, 6.45) is 5.99. The van der Waals surface area contributed by atoms with Gasteiger partial charge in [0, 0.05) is 25.1 Å². The van der Waals surface area contributed by atoms with Gasteiger partial charge in [-0.2, -0.15) is 0 Å². The average molecular weight is 421 g/mol. The topological polar surface area (TPSA) is 112 Å². The van der Waals surface area contributed by atoms with Crippen LogP contribution >= 0.6 is 0 Å². The van der Waals surface area contributed by atoms with Crippen molar-refractivity contribution in [2.24, 2.45) is 10.7 Å². The molecule has 0 aliphatic carbocycles. The maximum atomic E-state index is 13.3. The molecule has 0 aromatic carbocycles. The molecule has 2 aliphatic heterocycles. The summed E-state index contributed by atoms with van der Waals surface area (Å²) in [5, 5.41) is 8.54. The van der Waals surface area contributed by atoms with E-state index in [1.807, 2.05) is 11.5 Å². The summed E-state index contributed by atoms with van der Waals surface area (Å²) >= 11 is 0. The van der Waals surface area contributed by atoms with Crippen LogP contribution in [0.1, 0.15) is 17.7 Å². The molecular formula is C20H20FN9O. The summed E-state index contributed by atoms with van der Waals surface area (Å²) in [6, 6.07) is 2.76. The van der Waals surface area contributed by atoms with E-state index in [-0.39, 0.29) is 6.04 Å². The quantitative estimate of drug-likeness (QED) is 0.684. The minimum atomic E-state index is -0.417. The monoisotopic (exact) mass is 421 g/mol. The van der Waals surface area contributed by atoms with Crippen LogP contribution < -0.4 is 5.73 Å². The van der Waals surface area contributed by atoms with E-state index < -0.39 is 5.82 Å². The van der Waals surface area contributed by atoms with Crippen molar-refractivity contribution in [3.63, 3.8) is 0 Å². The number of nitrogens with zero attached hydrogens (tertiary/aromatic N) is 8. The number of ether oxygens (including phenoxy) is 1. The van der Waals surface area contributed by atoms with Crippen molar-refractivity contribution in [2.75, 3.05) is 19.8 Å². The standard InChI is InChI=1S/C20H20FN9O/c1-12(28-6-5-23-18(28)15-4-3-14(21)10-24-15)25-19-16(9-22)30-13(2)26-27-20(30)17-11-31-8-7-29(17)19/h3-6,9-10,17H,1,7-8,11,22H2,2H3/b16-9+,25-19?. The fourth-order valence-corrected chi connectivity index (χ4v) is 3.87. The second-order valence-electron chi connectivity index (χ2n) is 7.11. The number of aliphatic imine (C=N–C) groups is 1. The van der Waals surface area contributed by atoms with Gasteiger partial charge in [0.15, 0.2) is 17.5 Å². The number of hydrogen-bond donors (Lipinski definition) is 1. The van der Waals surface area contributed by atoms with Gasteiger partial charge in [-0.05, 0) is 19.1 Å². The van der Waals surface area contributed by atoms with Crippen LogP contribution in [-0.4, -0.2) is 59.8 Å². The van der Waals surface area contributed by atoms with Crippen LogP contribution in [0.4, 0.5) is 4.39 Å². The van der Waals surface area contributed by atoms with Crippen LogP contribution in [0.5, 0.6) is 0 Å². The highest BCUT2D eigenvalue weighted by atomic mass is 19.1. The summed E-state index contributed by atoms with van der Waals surface area (Å²) in [7, 11) is 0. The molecular weight excluding hydrogens is 401 g/mol. The molecule has 0 amide bonds. The third-order valence-electron chi connectivity index (χ3n) is 5.29. The molecule has 3 aromatic rings. The normalized spacial score (nSPS) is 20.7. The number of rotatable bonds is 3. The Morgan fingerprint density at radius 3 is 3.00 bits per heavy atom. The minimum absolute atomic E-state index is 0.133. The molecule has 2 aliphatic rings. The average Bonchev–Trinajstić information content (AvgIpc) is 3.42. The third-order valence-corrected chi connectivity index (χ3v) is 5.29. The number of fused-ring (bicyclic) bond motifs is 3. The Bertz CT molecular complexity index is 1210. The van der Waals surface area contributed by atoms with Crippen LogP contribution in [0.15, 0.2) is 48.5 Å². The van der Waals surface area contributed by atoms with Gasteiger partial charge in [-0.1, -0.05) is 6.58 Å². The number of aromatic nitrogens is 6. The highest BCUT2D eigenvalue weighted by molar-refractivity contribution is 6.19. The molecule has 11 heteroatoms. The number of pyridine rings is 1. The lowest BCUT2D eigenvalue weighted by molar-refractivity contribution is 0.0205. The van der Waals surface area contributed by atoms with Crippen molar-refractivity contribution in [2.45, 2.75) is 13.0 Å². The lowest BCUT2D eigenvalue weighted by atomic mass is 10.1. The zero-order valence-corrected chi connectivity index (χ0v) is 16.8. The summed E-state index contributed by atoms with van der Waals surface area (Å²) in [5.41, 5.74) is 7.19. The molecule has 0 bridgehead atoms. The molecule has 1 atom stereocenters. The van der Waals surface area contributed by atoms with E-state index in [9.17, 15) is 4.39 Å². The second kappa shape index (κ2) is 7.43. The van der Waals surface area contributed by atoms with Gasteiger partial charge in [-0.25, -0.2) is 19.4 Å². The van der Waals surface area contributed by atoms with Gasteiger partial charge in [0.1, 0.15) is 34.9 Å². The molecule has 2 N–H and O–H groups in total. The Kier molecular flexibility index (Phi) is 4.59. The fraction of sp³-hybridized carbons (Fsp3) is 0.250. The summed E-state index contributed by atoms with van der Waals surface area (Å²) in [6.45, 7) is 7.64. The Morgan fingerprint density at radius 1 is 1.35 bits per heavy atom. The van der Waals surface area contributed by atoms with E-state index in [1.54, 1.807) is 23.0 Å². The van der Waals surface area contributed by atoms with E-state index in [1.165, 1.54) is 12.3 Å². The number of nitrogens with two attached hydrogens (primary N) is 1. The highest BCUT2D eigenvalue weighted by Gasteiger charge is 2.39. The van der Waals surface area contributed by atoms with Crippen LogP contribution in [0.3, 0.4) is 0 Å². The molecule has 1 saturated heterocycles. The van der Waals surface area contributed by atoms with Gasteiger partial charge in [0.05, 0.1) is 19.4 Å². The number of imidazole rings is 1. The number of morpholine rings is 1. The molecule has 0 radical (unpaired) electrons. The molecule has 0 spiro atoms. The largest absolute Gasteiger partial charge is 0.403 e. The van der Waals surface area contributed by atoms with Crippen molar-refractivity contribution in [1.82, 2.24) is 34.2 Å². The van der Waals surface area contributed by atoms with Crippen molar-refractivity contribution in [3.8, 4) is 11.5 Å². The first-order chi connectivity index (χ1) is 15.1. The summed E-state index contributed by atoms with van der Waals surface area (Å²) < 4.78 is 22.6. The number of hydrogen-bond acceptors (Lipinski definition) is 7. The third kappa shape index (κ3) is 3.10. The van der Waals surface area contributed by atoms with Crippen molar-refractivity contribution in [1.29, 1.82) is 0 Å². The lowest BCUT2D eigenvalue weighted by Gasteiger charge is -2.41. The predicted molar refractivity (Wildman–Crippen MR) is 112 cm³/mol. The minimum Gasteiger partial charge on any atom is -0.403 e. The van der Waals surface area contributed by atoms with Crippen molar-refractivity contribution < 1.29 is 9.13 Å². The Labute approximate surface area is 177 Å². The molecule has 0 saturated carbocycles. The molecule has 10 nitrogen and oxygen atoms in total. The maximum absolute atomic E-state index is 13.3. The first kappa shape index (κ1) is 19.1. The van der Waals surface area contributed by atoms with Crippen LogP contribution in [0.25, 0.3) is 23.0 Å². The lowest BCUT2D eigenvalue weighted by Crippen LogP contribution is -2.49. The Hall–Kier alpha value is -3.86. The zero-order chi connectivity index (χ0) is 21.5. The zero-order valence-electron chi connectivity index (χ0n) is 16.8. The predicted octanol–water partition coefficient (Wildman–Crippen LogP) is 1.66. The van der Waals surface area contributed by atoms with Crippen LogP contribution in [-0.2, 0) is 4.74 Å².